The molecule has 0 spiro atoms. The molecule has 84 valence electrons. The van der Waals surface area contributed by atoms with Gasteiger partial charge in [0, 0.05) is 24.9 Å². The summed E-state index contributed by atoms with van der Waals surface area (Å²) in [6.45, 7) is 3.36. The van der Waals surface area contributed by atoms with Gasteiger partial charge in [-0.05, 0) is 11.8 Å². The van der Waals surface area contributed by atoms with Gasteiger partial charge in [0.05, 0.1) is 12.1 Å². The van der Waals surface area contributed by atoms with Gasteiger partial charge < -0.3 is 0 Å². The van der Waals surface area contributed by atoms with Crippen LogP contribution in [0.1, 0.15) is 26.7 Å². The standard InChI is InChI=1S/C10H16F2N2Si/c1-9(3-5-13)7-15(11,12)8-10(2)4-6-14/h9-10H,3-4,7-8H2,1-2H3. The Morgan fingerprint density at radius 3 is 1.60 bits per heavy atom. The second-order valence-corrected chi connectivity index (χ2v) is 6.73. The summed E-state index contributed by atoms with van der Waals surface area (Å²) >= 11 is 0. The lowest BCUT2D eigenvalue weighted by molar-refractivity contribution is 0.500. The van der Waals surface area contributed by atoms with Crippen LogP contribution in [0.15, 0.2) is 0 Å². The Bertz CT molecular complexity index is 242. The molecule has 2 unspecified atom stereocenters. The molecule has 0 saturated carbocycles. The summed E-state index contributed by atoms with van der Waals surface area (Å²) in [5, 5.41) is 16.8. The van der Waals surface area contributed by atoms with E-state index in [1.807, 2.05) is 12.1 Å². The highest BCUT2D eigenvalue weighted by molar-refractivity contribution is 6.66. The van der Waals surface area contributed by atoms with Crippen molar-refractivity contribution in [2.45, 2.75) is 38.8 Å². The van der Waals surface area contributed by atoms with E-state index in [0.717, 1.165) is 0 Å². The summed E-state index contributed by atoms with van der Waals surface area (Å²) in [5.74, 6) is -0.461. The molecule has 2 atom stereocenters. The maximum absolute atomic E-state index is 13.5. The molecule has 0 amide bonds. The molecule has 0 aromatic carbocycles. The molecule has 15 heavy (non-hydrogen) atoms. The van der Waals surface area contributed by atoms with Crippen LogP contribution in [-0.2, 0) is 0 Å². The summed E-state index contributed by atoms with van der Waals surface area (Å²) in [4.78, 5) is 0. The molecule has 0 aromatic heterocycles. The van der Waals surface area contributed by atoms with Crippen LogP contribution in [0.2, 0.25) is 12.1 Å². The van der Waals surface area contributed by atoms with Crippen molar-refractivity contribution in [1.82, 2.24) is 0 Å². The van der Waals surface area contributed by atoms with Gasteiger partial charge in [-0.1, -0.05) is 13.8 Å². The Balaban J connectivity index is 4.07. The molecule has 0 aromatic rings. The third-order valence-corrected chi connectivity index (χ3v) is 4.76. The van der Waals surface area contributed by atoms with Crippen LogP contribution in [0.25, 0.3) is 0 Å². The third-order valence-electron chi connectivity index (χ3n) is 2.17. The van der Waals surface area contributed by atoms with Gasteiger partial charge in [-0.15, -0.1) is 0 Å². The second kappa shape index (κ2) is 6.52. The molecule has 5 heteroatoms. The molecular formula is C10H16F2N2Si. The Hall–Kier alpha value is -0.943. The number of halogens is 2. The van der Waals surface area contributed by atoms with Crippen molar-refractivity contribution < 1.29 is 8.22 Å². The maximum Gasteiger partial charge on any atom is 0.425 e. The number of rotatable bonds is 6. The average molecular weight is 230 g/mol. The first-order chi connectivity index (χ1) is 6.91. The lowest BCUT2D eigenvalue weighted by Crippen LogP contribution is -2.27. The van der Waals surface area contributed by atoms with E-state index in [4.69, 9.17) is 10.5 Å². The fourth-order valence-corrected chi connectivity index (χ4v) is 4.05. The Kier molecular flexibility index (Phi) is 6.11. The predicted octanol–water partition coefficient (Wildman–Crippen LogP) is 3.47. The van der Waals surface area contributed by atoms with Crippen LogP contribution in [0, 0.1) is 34.5 Å². The highest BCUT2D eigenvalue weighted by Gasteiger charge is 2.38. The zero-order valence-corrected chi connectivity index (χ0v) is 10.1. The van der Waals surface area contributed by atoms with E-state index in [0.29, 0.717) is 0 Å². The average Bonchev–Trinajstić information content (AvgIpc) is 2.01. The summed E-state index contributed by atoms with van der Waals surface area (Å²) in [6.07, 6.45) is 0.379. The molecule has 0 aliphatic rings. The SMILES string of the molecule is CC(CC#N)C[Si](F)(F)CC(C)CC#N. The normalized spacial score (nSPS) is 15.1. The van der Waals surface area contributed by atoms with Crippen molar-refractivity contribution in [3.63, 3.8) is 0 Å². The van der Waals surface area contributed by atoms with Gasteiger partial charge in [0.25, 0.3) is 0 Å². The van der Waals surface area contributed by atoms with E-state index in [1.165, 1.54) is 0 Å². The molecule has 0 aliphatic carbocycles. The number of hydrogen-bond donors (Lipinski definition) is 0. The van der Waals surface area contributed by atoms with Gasteiger partial charge in [0.15, 0.2) is 0 Å². The topological polar surface area (TPSA) is 47.6 Å². The van der Waals surface area contributed by atoms with Crippen molar-refractivity contribution in [2.75, 3.05) is 0 Å². The van der Waals surface area contributed by atoms with Gasteiger partial charge in [-0.3, -0.25) is 8.22 Å². The van der Waals surface area contributed by atoms with Crippen molar-refractivity contribution in [1.29, 1.82) is 10.5 Å². The molecule has 2 nitrogen and oxygen atoms in total. The summed E-state index contributed by atoms with van der Waals surface area (Å²) in [7, 11) is -4.21. The van der Waals surface area contributed by atoms with Crippen LogP contribution in [0.4, 0.5) is 8.22 Å². The van der Waals surface area contributed by atoms with Crippen LogP contribution in [0.3, 0.4) is 0 Å². The monoisotopic (exact) mass is 230 g/mol. The second-order valence-electron chi connectivity index (χ2n) is 4.20. The predicted molar refractivity (Wildman–Crippen MR) is 56.4 cm³/mol. The van der Waals surface area contributed by atoms with Crippen LogP contribution >= 0.6 is 0 Å². The molecular weight excluding hydrogens is 214 g/mol. The van der Waals surface area contributed by atoms with E-state index in [2.05, 4.69) is 0 Å². The van der Waals surface area contributed by atoms with Crippen molar-refractivity contribution >= 4 is 8.74 Å². The highest BCUT2D eigenvalue weighted by atomic mass is 28.4. The molecule has 0 radical (unpaired) electrons. The van der Waals surface area contributed by atoms with Gasteiger partial charge in [-0.25, -0.2) is 0 Å². The minimum Gasteiger partial charge on any atom is -0.270 e. The van der Waals surface area contributed by atoms with E-state index in [9.17, 15) is 8.22 Å². The zero-order chi connectivity index (χ0) is 11.9. The fraction of sp³-hybridized carbons (Fsp3) is 0.800. The van der Waals surface area contributed by atoms with Crippen molar-refractivity contribution in [3.8, 4) is 12.1 Å². The Morgan fingerprint density at radius 2 is 1.33 bits per heavy atom. The largest absolute Gasteiger partial charge is 0.425 e. The first-order valence-electron chi connectivity index (χ1n) is 5.03. The molecule has 0 aliphatic heterocycles. The van der Waals surface area contributed by atoms with Crippen LogP contribution < -0.4 is 0 Å². The van der Waals surface area contributed by atoms with E-state index < -0.39 is 8.74 Å². The maximum atomic E-state index is 13.5. The fourth-order valence-electron chi connectivity index (χ4n) is 1.56. The minimum absolute atomic E-state index is 0.129. The molecule has 0 rings (SSSR count). The van der Waals surface area contributed by atoms with E-state index in [1.54, 1.807) is 13.8 Å². The Labute approximate surface area is 90.9 Å². The summed E-state index contributed by atoms with van der Waals surface area (Å²) in [5.41, 5.74) is 0. The Morgan fingerprint density at radius 1 is 1.00 bits per heavy atom. The molecule has 0 fully saturated rings. The highest BCUT2D eigenvalue weighted by Crippen LogP contribution is 2.29. The number of hydrogen-bond acceptors (Lipinski definition) is 2. The first kappa shape index (κ1) is 14.1. The molecule has 0 N–H and O–H groups in total. The van der Waals surface area contributed by atoms with E-state index >= 15 is 0 Å². The van der Waals surface area contributed by atoms with Gasteiger partial charge in [0.2, 0.25) is 0 Å². The summed E-state index contributed by atoms with van der Waals surface area (Å²) < 4.78 is 27.0. The number of nitriles is 2. The number of nitrogens with zero attached hydrogens (tertiary/aromatic N) is 2. The minimum atomic E-state index is -4.21. The quantitative estimate of drug-likeness (QED) is 0.518. The smallest absolute Gasteiger partial charge is 0.270 e. The lowest BCUT2D eigenvalue weighted by Gasteiger charge is -2.18. The van der Waals surface area contributed by atoms with Crippen molar-refractivity contribution in [3.05, 3.63) is 0 Å². The van der Waals surface area contributed by atoms with Gasteiger partial charge in [0.1, 0.15) is 0 Å². The van der Waals surface area contributed by atoms with E-state index in [-0.39, 0.29) is 36.8 Å². The zero-order valence-electron chi connectivity index (χ0n) is 9.13. The van der Waals surface area contributed by atoms with Crippen LogP contribution in [0.5, 0.6) is 0 Å². The third kappa shape index (κ3) is 7.04. The summed E-state index contributed by atoms with van der Waals surface area (Å²) in [6, 6.07) is 3.55. The van der Waals surface area contributed by atoms with Crippen molar-refractivity contribution in [2.24, 2.45) is 11.8 Å². The van der Waals surface area contributed by atoms with Gasteiger partial charge >= 0.3 is 8.74 Å². The van der Waals surface area contributed by atoms with Crippen LogP contribution in [-0.4, -0.2) is 8.74 Å². The first-order valence-corrected chi connectivity index (χ1v) is 7.20. The molecule has 0 heterocycles. The molecule has 0 saturated heterocycles. The molecule has 0 bridgehead atoms. The lowest BCUT2D eigenvalue weighted by atomic mass is 10.1. The van der Waals surface area contributed by atoms with Gasteiger partial charge in [-0.2, -0.15) is 10.5 Å².